The smallest absolute Gasteiger partial charge is 0.210 e. The molecule has 13 heavy (non-hydrogen) atoms. The zero-order valence-electron chi connectivity index (χ0n) is 7.66. The fraction of sp³-hybridized carbons (Fsp3) is 0.833. The van der Waals surface area contributed by atoms with E-state index >= 15 is 0 Å². The Morgan fingerprint density at radius 1 is 1.54 bits per heavy atom. The number of nitrogens with zero attached hydrogens (tertiary/aromatic N) is 1. The number of hydrogen-bond donors (Lipinski definition) is 3. The first-order chi connectivity index (χ1) is 5.95. The minimum atomic E-state index is -3.41. The van der Waals surface area contributed by atoms with E-state index in [0.717, 1.165) is 6.42 Å². The number of nitrogens with one attached hydrogen (secondary N) is 1. The van der Waals surface area contributed by atoms with Crippen LogP contribution in [-0.2, 0) is 10.0 Å². The molecule has 0 aromatic rings. The first-order valence-corrected chi connectivity index (χ1v) is 5.71. The number of sulfonamides is 1. The molecule has 0 aromatic heterocycles. The molecule has 0 saturated carbocycles. The summed E-state index contributed by atoms with van der Waals surface area (Å²) < 4.78 is 21.0. The van der Waals surface area contributed by atoms with Crippen LogP contribution >= 0.6 is 0 Å². The number of hydrogen-bond acceptors (Lipinski definition) is 3. The Morgan fingerprint density at radius 3 is 2.62 bits per heavy atom. The third kappa shape index (κ3) is 9.09. The lowest BCUT2D eigenvalue weighted by atomic mass is 10.5. The summed E-state index contributed by atoms with van der Waals surface area (Å²) >= 11 is 0. The van der Waals surface area contributed by atoms with Crippen molar-refractivity contribution in [2.75, 3.05) is 18.8 Å². The molecule has 5 N–H and O–H groups in total. The summed E-state index contributed by atoms with van der Waals surface area (Å²) in [4.78, 5) is 3.91. The summed E-state index contributed by atoms with van der Waals surface area (Å²) in [5.41, 5.74) is 5.39. The van der Waals surface area contributed by atoms with Crippen LogP contribution in [0.15, 0.2) is 4.99 Å². The van der Waals surface area contributed by atoms with Crippen molar-refractivity contribution >= 4 is 16.0 Å². The summed E-state index contributed by atoms with van der Waals surface area (Å²) in [7, 11) is -3.41. The Kier molecular flexibility index (Phi) is 5.40. The van der Waals surface area contributed by atoms with Gasteiger partial charge in [-0.2, -0.15) is 0 Å². The number of guanidine groups is 1. The summed E-state index contributed by atoms with van der Waals surface area (Å²) in [6, 6.07) is 0. The number of aliphatic imine (C=N–C) groups is 1. The lowest BCUT2D eigenvalue weighted by Crippen LogP contribution is -2.36. The highest BCUT2D eigenvalue weighted by molar-refractivity contribution is 7.89. The van der Waals surface area contributed by atoms with Crippen LogP contribution in [0.4, 0.5) is 0 Å². The highest BCUT2D eigenvalue weighted by Gasteiger charge is 2.01. The van der Waals surface area contributed by atoms with Gasteiger partial charge in [-0.3, -0.25) is 4.99 Å². The van der Waals surface area contributed by atoms with Crippen LogP contribution in [0.25, 0.3) is 0 Å². The van der Waals surface area contributed by atoms with Crippen LogP contribution in [-0.4, -0.2) is 33.2 Å². The molecular weight excluding hydrogens is 192 g/mol. The topological polar surface area (TPSA) is 111 Å². The van der Waals surface area contributed by atoms with E-state index in [-0.39, 0.29) is 18.3 Å². The first-order valence-electron chi connectivity index (χ1n) is 4.00. The lowest BCUT2D eigenvalue weighted by Gasteiger charge is -2.03. The maximum Gasteiger partial charge on any atom is 0.210 e. The summed E-state index contributed by atoms with van der Waals surface area (Å²) in [6.07, 6.45) is 0.900. The van der Waals surface area contributed by atoms with Gasteiger partial charge in [-0.05, 0) is 6.42 Å². The number of primary sulfonamides is 1. The van der Waals surface area contributed by atoms with E-state index in [2.05, 4.69) is 10.3 Å². The van der Waals surface area contributed by atoms with Gasteiger partial charge in [0, 0.05) is 13.1 Å². The molecule has 0 aliphatic heterocycles. The summed E-state index contributed by atoms with van der Waals surface area (Å²) in [5, 5.41) is 7.42. The van der Waals surface area contributed by atoms with Crippen LogP contribution in [0.3, 0.4) is 0 Å². The van der Waals surface area contributed by atoms with Crippen molar-refractivity contribution < 1.29 is 8.42 Å². The maximum absolute atomic E-state index is 10.5. The highest BCUT2D eigenvalue weighted by atomic mass is 32.2. The van der Waals surface area contributed by atoms with Gasteiger partial charge in [0.2, 0.25) is 10.0 Å². The minimum absolute atomic E-state index is 0.144. The average molecular weight is 208 g/mol. The van der Waals surface area contributed by atoms with Crippen molar-refractivity contribution in [3.63, 3.8) is 0 Å². The molecule has 0 fully saturated rings. The summed E-state index contributed by atoms with van der Waals surface area (Å²) in [5.74, 6) is 0.112. The molecule has 0 unspecified atom stereocenters. The predicted molar refractivity (Wildman–Crippen MR) is 52.8 cm³/mol. The molecule has 0 heterocycles. The molecule has 0 aliphatic rings. The van der Waals surface area contributed by atoms with Gasteiger partial charge >= 0.3 is 0 Å². The van der Waals surface area contributed by atoms with Gasteiger partial charge in [0.1, 0.15) is 0 Å². The molecule has 78 valence electrons. The van der Waals surface area contributed by atoms with Gasteiger partial charge in [-0.1, -0.05) is 6.92 Å². The molecule has 0 rings (SSSR count). The quantitative estimate of drug-likeness (QED) is 0.380. The Balaban J connectivity index is 3.65. The van der Waals surface area contributed by atoms with E-state index in [4.69, 9.17) is 10.9 Å². The zero-order chi connectivity index (χ0) is 10.3. The van der Waals surface area contributed by atoms with E-state index in [1.54, 1.807) is 0 Å². The van der Waals surface area contributed by atoms with Crippen LogP contribution in [0.2, 0.25) is 0 Å². The third-order valence-electron chi connectivity index (χ3n) is 1.20. The van der Waals surface area contributed by atoms with Crippen LogP contribution in [0.1, 0.15) is 13.3 Å². The molecule has 0 spiro atoms. The Morgan fingerprint density at radius 2 is 2.15 bits per heavy atom. The largest absolute Gasteiger partial charge is 0.370 e. The highest BCUT2D eigenvalue weighted by Crippen LogP contribution is 1.77. The van der Waals surface area contributed by atoms with Crippen molar-refractivity contribution in [1.29, 1.82) is 0 Å². The summed E-state index contributed by atoms with van der Waals surface area (Å²) in [6.45, 7) is 2.80. The monoisotopic (exact) mass is 208 g/mol. The number of nitrogens with two attached hydrogens (primary N) is 2. The Bertz CT molecular complexity index is 260. The van der Waals surface area contributed by atoms with Gasteiger partial charge in [0.25, 0.3) is 0 Å². The van der Waals surface area contributed by atoms with Crippen LogP contribution in [0.5, 0.6) is 0 Å². The van der Waals surface area contributed by atoms with E-state index in [9.17, 15) is 8.42 Å². The van der Waals surface area contributed by atoms with E-state index in [0.29, 0.717) is 6.54 Å². The van der Waals surface area contributed by atoms with Crippen molar-refractivity contribution in [1.82, 2.24) is 5.32 Å². The normalized spacial score (nSPS) is 12.9. The van der Waals surface area contributed by atoms with E-state index < -0.39 is 10.0 Å². The number of rotatable bonds is 5. The van der Waals surface area contributed by atoms with Gasteiger partial charge < -0.3 is 11.1 Å². The Hall–Kier alpha value is -0.820. The minimum Gasteiger partial charge on any atom is -0.370 e. The maximum atomic E-state index is 10.5. The van der Waals surface area contributed by atoms with Crippen molar-refractivity contribution in [2.24, 2.45) is 15.9 Å². The molecule has 0 aromatic carbocycles. The van der Waals surface area contributed by atoms with Crippen molar-refractivity contribution in [2.45, 2.75) is 13.3 Å². The average Bonchev–Trinajstić information content (AvgIpc) is 1.98. The molecule has 0 amide bonds. The lowest BCUT2D eigenvalue weighted by molar-refractivity contribution is 0.596. The predicted octanol–water partition coefficient (Wildman–Crippen LogP) is -1.41. The van der Waals surface area contributed by atoms with Gasteiger partial charge in [0.05, 0.1) is 5.75 Å². The van der Waals surface area contributed by atoms with E-state index in [1.807, 2.05) is 6.92 Å². The second-order valence-electron chi connectivity index (χ2n) is 2.56. The fourth-order valence-corrected chi connectivity index (χ4v) is 0.996. The standard InChI is InChI=1S/C6H16N4O2S/c1-2-3-9-6(7)10-4-5-13(8,11)12/h2-5H2,1H3,(H3,7,9,10)(H2,8,11,12). The molecule has 0 atom stereocenters. The Labute approximate surface area is 78.4 Å². The van der Waals surface area contributed by atoms with Crippen LogP contribution in [0, 0.1) is 0 Å². The van der Waals surface area contributed by atoms with Crippen LogP contribution < -0.4 is 16.2 Å². The van der Waals surface area contributed by atoms with Gasteiger partial charge in [-0.25, -0.2) is 13.6 Å². The first kappa shape index (κ1) is 12.2. The third-order valence-corrected chi connectivity index (χ3v) is 1.97. The molecule has 7 heteroatoms. The second kappa shape index (κ2) is 5.76. The molecular formula is C6H16N4O2S. The second-order valence-corrected chi connectivity index (χ2v) is 4.29. The molecule has 0 bridgehead atoms. The zero-order valence-corrected chi connectivity index (χ0v) is 8.47. The molecule has 6 nitrogen and oxygen atoms in total. The van der Waals surface area contributed by atoms with Crippen molar-refractivity contribution in [3.05, 3.63) is 0 Å². The molecule has 0 saturated heterocycles. The molecule has 0 aliphatic carbocycles. The SMILES string of the molecule is CCCN=C(N)NCCS(N)(=O)=O. The fourth-order valence-electron chi connectivity index (χ4n) is 0.610. The van der Waals surface area contributed by atoms with Gasteiger partial charge in [-0.15, -0.1) is 0 Å². The molecule has 0 radical (unpaired) electrons. The van der Waals surface area contributed by atoms with E-state index in [1.165, 1.54) is 0 Å². The van der Waals surface area contributed by atoms with Crippen molar-refractivity contribution in [3.8, 4) is 0 Å². The van der Waals surface area contributed by atoms with Gasteiger partial charge in [0.15, 0.2) is 5.96 Å².